The molecule has 0 atom stereocenters. The third-order valence-electron chi connectivity index (χ3n) is 3.25. The van der Waals surface area contributed by atoms with Crippen molar-refractivity contribution in [2.45, 2.75) is 39.0 Å². The molecule has 1 fully saturated rings. The van der Waals surface area contributed by atoms with Gasteiger partial charge in [0.15, 0.2) is 0 Å². The van der Waals surface area contributed by atoms with E-state index in [9.17, 15) is 0 Å². The normalized spacial score (nSPS) is 14.9. The van der Waals surface area contributed by atoms with Gasteiger partial charge in [-0.15, -0.1) is 0 Å². The van der Waals surface area contributed by atoms with E-state index >= 15 is 0 Å². The van der Waals surface area contributed by atoms with Crippen LogP contribution < -0.4 is 10.5 Å². The first-order valence-corrected chi connectivity index (χ1v) is 6.78. The average Bonchev–Trinajstić information content (AvgIpc) is 3.13. The van der Waals surface area contributed by atoms with E-state index in [4.69, 9.17) is 10.5 Å². The third kappa shape index (κ3) is 3.74. The average molecular weight is 233 g/mol. The summed E-state index contributed by atoms with van der Waals surface area (Å²) < 4.78 is 5.92. The van der Waals surface area contributed by atoms with Gasteiger partial charge in [0, 0.05) is 0 Å². The van der Waals surface area contributed by atoms with E-state index in [0.717, 1.165) is 37.5 Å². The first-order chi connectivity index (χ1) is 8.33. The highest BCUT2D eigenvalue weighted by Crippen LogP contribution is 2.31. The van der Waals surface area contributed by atoms with E-state index in [0.29, 0.717) is 6.54 Å². The van der Waals surface area contributed by atoms with Crippen molar-refractivity contribution in [2.24, 2.45) is 11.7 Å². The lowest BCUT2D eigenvalue weighted by atomic mass is 10.0. The lowest BCUT2D eigenvalue weighted by Gasteiger charge is -2.12. The summed E-state index contributed by atoms with van der Waals surface area (Å²) in [5.41, 5.74) is 8.27. The Bertz CT molecular complexity index is 358. The van der Waals surface area contributed by atoms with Crippen LogP contribution in [-0.4, -0.2) is 13.2 Å². The Morgan fingerprint density at radius 2 is 2.12 bits per heavy atom. The number of hydrogen-bond donors (Lipinski definition) is 1. The van der Waals surface area contributed by atoms with Crippen LogP contribution in [0.15, 0.2) is 18.2 Å². The zero-order valence-electron chi connectivity index (χ0n) is 10.7. The molecular formula is C15H23NO. The molecule has 2 N–H and O–H groups in total. The summed E-state index contributed by atoms with van der Waals surface area (Å²) >= 11 is 0. The molecule has 0 radical (unpaired) electrons. The van der Waals surface area contributed by atoms with Crippen LogP contribution in [0.3, 0.4) is 0 Å². The van der Waals surface area contributed by atoms with Crippen molar-refractivity contribution in [3.8, 4) is 5.75 Å². The van der Waals surface area contributed by atoms with E-state index in [2.05, 4.69) is 25.1 Å². The molecule has 1 aromatic rings. The van der Waals surface area contributed by atoms with E-state index in [1.165, 1.54) is 24.0 Å². The topological polar surface area (TPSA) is 35.2 Å². The number of hydrogen-bond acceptors (Lipinski definition) is 2. The lowest BCUT2D eigenvalue weighted by molar-refractivity contribution is 0.296. The maximum Gasteiger partial charge on any atom is 0.122 e. The summed E-state index contributed by atoms with van der Waals surface area (Å²) in [6.45, 7) is 3.82. The molecule has 0 spiro atoms. The Labute approximate surface area is 104 Å². The molecule has 0 bridgehead atoms. The summed E-state index contributed by atoms with van der Waals surface area (Å²) in [6.07, 6.45) is 5.90. The fourth-order valence-corrected chi connectivity index (χ4v) is 2.05. The summed E-state index contributed by atoms with van der Waals surface area (Å²) in [5, 5.41) is 0. The zero-order chi connectivity index (χ0) is 12.1. The number of benzene rings is 1. The van der Waals surface area contributed by atoms with Crippen molar-refractivity contribution in [3.05, 3.63) is 29.3 Å². The van der Waals surface area contributed by atoms with Gasteiger partial charge in [-0.1, -0.05) is 25.5 Å². The van der Waals surface area contributed by atoms with Gasteiger partial charge in [0.05, 0.1) is 6.61 Å². The van der Waals surface area contributed by atoms with Gasteiger partial charge in [-0.05, 0) is 55.3 Å². The van der Waals surface area contributed by atoms with Gasteiger partial charge in [0.1, 0.15) is 5.75 Å². The van der Waals surface area contributed by atoms with Crippen molar-refractivity contribution < 1.29 is 4.74 Å². The molecule has 0 saturated heterocycles. The minimum Gasteiger partial charge on any atom is -0.493 e. The highest BCUT2D eigenvalue weighted by atomic mass is 16.5. The van der Waals surface area contributed by atoms with Crippen LogP contribution in [0.2, 0.25) is 0 Å². The van der Waals surface area contributed by atoms with Gasteiger partial charge in [-0.2, -0.15) is 0 Å². The Morgan fingerprint density at radius 1 is 1.29 bits per heavy atom. The van der Waals surface area contributed by atoms with Crippen molar-refractivity contribution in [2.75, 3.05) is 13.2 Å². The van der Waals surface area contributed by atoms with Gasteiger partial charge in [0.25, 0.3) is 0 Å². The number of rotatable bonds is 7. The zero-order valence-corrected chi connectivity index (χ0v) is 10.7. The molecule has 2 rings (SSSR count). The van der Waals surface area contributed by atoms with E-state index in [1.807, 2.05) is 0 Å². The molecule has 0 aliphatic heterocycles. The summed E-state index contributed by atoms with van der Waals surface area (Å²) in [6, 6.07) is 6.53. The van der Waals surface area contributed by atoms with Crippen LogP contribution in [0.1, 0.15) is 37.3 Å². The predicted octanol–water partition coefficient (Wildman–Crippen LogP) is 2.93. The first-order valence-electron chi connectivity index (χ1n) is 6.78. The molecule has 1 aliphatic rings. The van der Waals surface area contributed by atoms with Crippen LogP contribution in [0.4, 0.5) is 0 Å². The monoisotopic (exact) mass is 233 g/mol. The standard InChI is InChI=1S/C15H23NO/c1-2-3-14-10-12(8-9-16)6-7-15(14)17-11-13-4-5-13/h6-7,10,13H,2-5,8-9,11,16H2,1H3. The fourth-order valence-electron chi connectivity index (χ4n) is 2.05. The predicted molar refractivity (Wildman–Crippen MR) is 71.4 cm³/mol. The van der Waals surface area contributed by atoms with Gasteiger partial charge in [-0.25, -0.2) is 0 Å². The molecule has 0 amide bonds. The molecule has 0 unspecified atom stereocenters. The number of ether oxygens (including phenoxy) is 1. The highest BCUT2D eigenvalue weighted by Gasteiger charge is 2.22. The van der Waals surface area contributed by atoms with Crippen molar-refractivity contribution in [1.82, 2.24) is 0 Å². The second-order valence-electron chi connectivity index (χ2n) is 4.99. The van der Waals surface area contributed by atoms with E-state index in [1.54, 1.807) is 0 Å². The van der Waals surface area contributed by atoms with E-state index in [-0.39, 0.29) is 0 Å². The number of nitrogens with two attached hydrogens (primary N) is 1. The molecule has 1 saturated carbocycles. The van der Waals surface area contributed by atoms with Crippen LogP contribution in [0, 0.1) is 5.92 Å². The van der Waals surface area contributed by atoms with Gasteiger partial charge in [0.2, 0.25) is 0 Å². The van der Waals surface area contributed by atoms with E-state index < -0.39 is 0 Å². The van der Waals surface area contributed by atoms with Crippen LogP contribution in [0.5, 0.6) is 5.75 Å². The summed E-state index contributed by atoms with van der Waals surface area (Å²) in [5.74, 6) is 1.90. The fraction of sp³-hybridized carbons (Fsp3) is 0.600. The van der Waals surface area contributed by atoms with Gasteiger partial charge >= 0.3 is 0 Å². The minimum atomic E-state index is 0.716. The number of aryl methyl sites for hydroxylation is 1. The quantitative estimate of drug-likeness (QED) is 0.786. The first kappa shape index (κ1) is 12.4. The van der Waals surface area contributed by atoms with Crippen molar-refractivity contribution in [3.63, 3.8) is 0 Å². The molecule has 0 heterocycles. The summed E-state index contributed by atoms with van der Waals surface area (Å²) in [4.78, 5) is 0. The van der Waals surface area contributed by atoms with Crippen LogP contribution >= 0.6 is 0 Å². The molecule has 0 aromatic heterocycles. The molecule has 1 aromatic carbocycles. The molecular weight excluding hydrogens is 210 g/mol. The second-order valence-corrected chi connectivity index (χ2v) is 4.99. The largest absolute Gasteiger partial charge is 0.493 e. The second kappa shape index (κ2) is 6.06. The maximum absolute atomic E-state index is 5.92. The Balaban J connectivity index is 2.05. The smallest absolute Gasteiger partial charge is 0.122 e. The molecule has 2 nitrogen and oxygen atoms in total. The molecule has 2 heteroatoms. The molecule has 94 valence electrons. The van der Waals surface area contributed by atoms with Crippen molar-refractivity contribution >= 4 is 0 Å². The Kier molecular flexibility index (Phi) is 4.43. The lowest BCUT2D eigenvalue weighted by Crippen LogP contribution is -2.05. The Morgan fingerprint density at radius 3 is 2.76 bits per heavy atom. The third-order valence-corrected chi connectivity index (χ3v) is 3.25. The van der Waals surface area contributed by atoms with Crippen LogP contribution in [-0.2, 0) is 12.8 Å². The molecule has 17 heavy (non-hydrogen) atoms. The van der Waals surface area contributed by atoms with Crippen molar-refractivity contribution in [1.29, 1.82) is 0 Å². The van der Waals surface area contributed by atoms with Crippen LogP contribution in [0.25, 0.3) is 0 Å². The highest BCUT2D eigenvalue weighted by molar-refractivity contribution is 5.37. The Hall–Kier alpha value is -1.02. The maximum atomic E-state index is 5.92. The van der Waals surface area contributed by atoms with Gasteiger partial charge in [-0.3, -0.25) is 0 Å². The minimum absolute atomic E-state index is 0.716. The SMILES string of the molecule is CCCc1cc(CCN)ccc1OCC1CC1. The van der Waals surface area contributed by atoms with Gasteiger partial charge < -0.3 is 10.5 Å². The summed E-state index contributed by atoms with van der Waals surface area (Å²) in [7, 11) is 0. The molecule has 1 aliphatic carbocycles.